The smallest absolute Gasteiger partial charge is 0.0657 e. The zero-order valence-electron chi connectivity index (χ0n) is 14.3. The number of benzene rings is 3. The number of fused-ring (bicyclic) bond motifs is 1. The minimum Gasteiger partial charge on any atom is -0.376 e. The summed E-state index contributed by atoms with van der Waals surface area (Å²) in [6.07, 6.45) is 2.12. The van der Waals surface area contributed by atoms with Crippen LogP contribution in [0.5, 0.6) is 0 Å². The Morgan fingerprint density at radius 3 is 2.28 bits per heavy atom. The molecule has 0 fully saturated rings. The average molecular weight is 329 g/mol. The summed E-state index contributed by atoms with van der Waals surface area (Å²) in [5, 5.41) is 0. The summed E-state index contributed by atoms with van der Waals surface area (Å²) < 4.78 is 6.25. The number of hydrogen-bond acceptors (Lipinski definition) is 2. The third-order valence-corrected chi connectivity index (χ3v) is 4.77. The van der Waals surface area contributed by atoms with Gasteiger partial charge < -0.3 is 9.64 Å². The maximum absolute atomic E-state index is 6.25. The zero-order valence-corrected chi connectivity index (χ0v) is 14.3. The number of hydrogen-bond donors (Lipinski definition) is 0. The summed E-state index contributed by atoms with van der Waals surface area (Å²) >= 11 is 0. The van der Waals surface area contributed by atoms with Gasteiger partial charge in [0.05, 0.1) is 12.7 Å². The highest BCUT2D eigenvalue weighted by Crippen LogP contribution is 2.31. The predicted octanol–water partition coefficient (Wildman–Crippen LogP) is 5.01. The molecule has 0 saturated carbocycles. The van der Waals surface area contributed by atoms with Crippen molar-refractivity contribution >= 4 is 11.4 Å². The van der Waals surface area contributed by atoms with Gasteiger partial charge in [0.1, 0.15) is 0 Å². The molecule has 1 heterocycles. The molecule has 0 bridgehead atoms. The number of para-hydroxylation sites is 2. The molecule has 0 aliphatic carbocycles. The molecule has 25 heavy (non-hydrogen) atoms. The topological polar surface area (TPSA) is 12.5 Å². The van der Waals surface area contributed by atoms with Gasteiger partial charge in [0.15, 0.2) is 0 Å². The van der Waals surface area contributed by atoms with Crippen molar-refractivity contribution in [3.63, 3.8) is 0 Å². The average Bonchev–Trinajstić information content (AvgIpc) is 2.65. The molecule has 1 atom stereocenters. The highest BCUT2D eigenvalue weighted by atomic mass is 16.5. The molecule has 1 unspecified atom stereocenters. The van der Waals surface area contributed by atoms with Gasteiger partial charge in [0.2, 0.25) is 0 Å². The van der Waals surface area contributed by atoms with E-state index in [1.165, 1.54) is 22.5 Å². The van der Waals surface area contributed by atoms with Gasteiger partial charge in [0.25, 0.3) is 0 Å². The van der Waals surface area contributed by atoms with Crippen LogP contribution in [0.4, 0.5) is 11.4 Å². The fraction of sp³-hybridized carbons (Fsp3) is 0.217. The minimum absolute atomic E-state index is 0.224. The first-order valence-corrected chi connectivity index (χ1v) is 8.96. The third-order valence-electron chi connectivity index (χ3n) is 4.77. The first kappa shape index (κ1) is 15.9. The van der Waals surface area contributed by atoms with Crippen molar-refractivity contribution in [1.29, 1.82) is 0 Å². The molecule has 0 aromatic heterocycles. The highest BCUT2D eigenvalue weighted by molar-refractivity contribution is 5.66. The Morgan fingerprint density at radius 1 is 0.800 bits per heavy atom. The van der Waals surface area contributed by atoms with Crippen molar-refractivity contribution in [3.05, 3.63) is 96.1 Å². The van der Waals surface area contributed by atoms with Crippen LogP contribution < -0.4 is 4.90 Å². The van der Waals surface area contributed by atoms with Gasteiger partial charge in [0, 0.05) is 24.3 Å². The number of rotatable bonds is 3. The van der Waals surface area contributed by atoms with Gasteiger partial charge in [-0.1, -0.05) is 66.7 Å². The maximum Gasteiger partial charge on any atom is 0.0657 e. The SMILES string of the molecule is c1ccc(CC2Cc3ccccc3N(c3ccccc3)CCO2)cc1. The lowest BCUT2D eigenvalue weighted by Gasteiger charge is -2.32. The lowest BCUT2D eigenvalue weighted by molar-refractivity contribution is 0.0575. The molecule has 0 N–H and O–H groups in total. The van der Waals surface area contributed by atoms with Gasteiger partial charge in [-0.05, 0) is 35.7 Å². The summed E-state index contributed by atoms with van der Waals surface area (Å²) in [6.45, 7) is 1.60. The van der Waals surface area contributed by atoms with Crippen molar-refractivity contribution in [1.82, 2.24) is 0 Å². The largest absolute Gasteiger partial charge is 0.376 e. The molecule has 1 aliphatic rings. The fourth-order valence-electron chi connectivity index (χ4n) is 3.57. The fourth-order valence-corrected chi connectivity index (χ4v) is 3.57. The van der Waals surface area contributed by atoms with Crippen molar-refractivity contribution in [3.8, 4) is 0 Å². The van der Waals surface area contributed by atoms with Crippen LogP contribution in [0, 0.1) is 0 Å². The first-order chi connectivity index (χ1) is 12.4. The lowest BCUT2D eigenvalue weighted by Crippen LogP contribution is -2.31. The van der Waals surface area contributed by atoms with E-state index >= 15 is 0 Å². The molecule has 1 aliphatic heterocycles. The second-order valence-corrected chi connectivity index (χ2v) is 6.50. The molecular weight excluding hydrogens is 306 g/mol. The van der Waals surface area contributed by atoms with Crippen LogP contribution in [0.15, 0.2) is 84.9 Å². The minimum atomic E-state index is 0.224. The van der Waals surface area contributed by atoms with E-state index in [0.29, 0.717) is 0 Å². The van der Waals surface area contributed by atoms with Crippen molar-refractivity contribution in [2.45, 2.75) is 18.9 Å². The molecule has 0 radical (unpaired) electrons. The summed E-state index contributed by atoms with van der Waals surface area (Å²) in [5.41, 5.74) is 5.22. The Hall–Kier alpha value is -2.58. The standard InChI is InChI=1S/C23H23NO/c1-3-9-19(10-4-1)17-22-18-20-11-7-8-14-23(20)24(15-16-25-22)21-12-5-2-6-13-21/h1-14,22H,15-18H2. The molecule has 0 spiro atoms. The molecule has 0 saturated heterocycles. The number of ether oxygens (including phenoxy) is 1. The van der Waals surface area contributed by atoms with E-state index in [4.69, 9.17) is 4.74 Å². The van der Waals surface area contributed by atoms with E-state index in [9.17, 15) is 0 Å². The second kappa shape index (κ2) is 7.54. The normalized spacial score (nSPS) is 17.4. The van der Waals surface area contributed by atoms with E-state index in [0.717, 1.165) is 26.0 Å². The molecular formula is C23H23NO. The van der Waals surface area contributed by atoms with Crippen LogP contribution in [0.3, 0.4) is 0 Å². The molecule has 3 aromatic rings. The predicted molar refractivity (Wildman–Crippen MR) is 103 cm³/mol. The van der Waals surface area contributed by atoms with E-state index in [2.05, 4.69) is 89.8 Å². The van der Waals surface area contributed by atoms with Gasteiger partial charge in [-0.2, -0.15) is 0 Å². The summed E-state index contributed by atoms with van der Waals surface area (Å²) in [5.74, 6) is 0. The Bertz CT molecular complexity index is 801. The summed E-state index contributed by atoms with van der Waals surface area (Å²) in [4.78, 5) is 2.37. The van der Waals surface area contributed by atoms with Crippen LogP contribution in [-0.4, -0.2) is 19.3 Å². The second-order valence-electron chi connectivity index (χ2n) is 6.50. The lowest BCUT2D eigenvalue weighted by atomic mass is 9.98. The van der Waals surface area contributed by atoms with E-state index in [1.54, 1.807) is 0 Å². The van der Waals surface area contributed by atoms with E-state index < -0.39 is 0 Å². The first-order valence-electron chi connectivity index (χ1n) is 8.96. The molecule has 3 aromatic carbocycles. The Morgan fingerprint density at radius 2 is 1.48 bits per heavy atom. The van der Waals surface area contributed by atoms with Gasteiger partial charge in [-0.25, -0.2) is 0 Å². The molecule has 4 rings (SSSR count). The quantitative estimate of drug-likeness (QED) is 0.670. The molecule has 126 valence electrons. The van der Waals surface area contributed by atoms with Crippen LogP contribution in [0.25, 0.3) is 0 Å². The molecule has 2 nitrogen and oxygen atoms in total. The number of anilines is 2. The van der Waals surface area contributed by atoms with Gasteiger partial charge >= 0.3 is 0 Å². The summed E-state index contributed by atoms with van der Waals surface area (Å²) in [7, 11) is 0. The zero-order chi connectivity index (χ0) is 16.9. The maximum atomic E-state index is 6.25. The van der Waals surface area contributed by atoms with Gasteiger partial charge in [-0.15, -0.1) is 0 Å². The Kier molecular flexibility index (Phi) is 4.80. The monoisotopic (exact) mass is 329 g/mol. The van der Waals surface area contributed by atoms with E-state index in [1.807, 2.05) is 0 Å². The molecule has 0 amide bonds. The molecule has 2 heteroatoms. The van der Waals surface area contributed by atoms with Crippen LogP contribution >= 0.6 is 0 Å². The van der Waals surface area contributed by atoms with Crippen molar-refractivity contribution < 1.29 is 4.74 Å². The van der Waals surface area contributed by atoms with Gasteiger partial charge in [-0.3, -0.25) is 0 Å². The number of nitrogens with zero attached hydrogens (tertiary/aromatic N) is 1. The van der Waals surface area contributed by atoms with Crippen LogP contribution in [-0.2, 0) is 17.6 Å². The Balaban J connectivity index is 1.62. The van der Waals surface area contributed by atoms with Crippen molar-refractivity contribution in [2.75, 3.05) is 18.1 Å². The highest BCUT2D eigenvalue weighted by Gasteiger charge is 2.21. The Labute approximate surface area is 149 Å². The van der Waals surface area contributed by atoms with Crippen molar-refractivity contribution in [2.24, 2.45) is 0 Å². The summed E-state index contributed by atoms with van der Waals surface area (Å²) in [6, 6.07) is 29.9. The van der Waals surface area contributed by atoms with Crippen LogP contribution in [0.2, 0.25) is 0 Å². The van der Waals surface area contributed by atoms with Crippen LogP contribution in [0.1, 0.15) is 11.1 Å². The van der Waals surface area contributed by atoms with E-state index in [-0.39, 0.29) is 6.10 Å². The third kappa shape index (κ3) is 3.75.